The van der Waals surface area contributed by atoms with E-state index in [1.165, 1.54) is 10.1 Å². The lowest BCUT2D eigenvalue weighted by atomic mass is 10.1. The third-order valence-electron chi connectivity index (χ3n) is 3.09. The first-order valence-corrected chi connectivity index (χ1v) is 7.27. The maximum atomic E-state index is 12.1. The molecule has 0 saturated carbocycles. The van der Waals surface area contributed by atoms with Gasteiger partial charge in [0.25, 0.3) is 0 Å². The van der Waals surface area contributed by atoms with Crippen LogP contribution in [0.1, 0.15) is 35.0 Å². The summed E-state index contributed by atoms with van der Waals surface area (Å²) < 4.78 is 1.52. The van der Waals surface area contributed by atoms with Crippen molar-refractivity contribution in [2.24, 2.45) is 0 Å². The van der Waals surface area contributed by atoms with E-state index in [1.807, 2.05) is 31.2 Å². The van der Waals surface area contributed by atoms with Crippen LogP contribution in [0.2, 0.25) is 0 Å². The molecule has 19 heavy (non-hydrogen) atoms. The molecule has 1 aromatic carbocycles. The van der Waals surface area contributed by atoms with Crippen LogP contribution in [0.3, 0.4) is 0 Å². The van der Waals surface area contributed by atoms with Crippen molar-refractivity contribution >= 4 is 17.1 Å². The number of ketones is 1. The van der Waals surface area contributed by atoms with Crippen molar-refractivity contribution in [1.82, 2.24) is 4.57 Å². The van der Waals surface area contributed by atoms with E-state index in [1.54, 1.807) is 5.38 Å². The van der Waals surface area contributed by atoms with E-state index < -0.39 is 0 Å². The number of hydrogen-bond acceptors (Lipinski definition) is 3. The van der Waals surface area contributed by atoms with Crippen LogP contribution in [0.5, 0.6) is 0 Å². The zero-order valence-electron chi connectivity index (χ0n) is 11.2. The molecule has 0 aliphatic rings. The molecule has 0 saturated heterocycles. The lowest BCUT2D eigenvalue weighted by molar-refractivity contribution is 0.0970. The summed E-state index contributed by atoms with van der Waals surface area (Å²) in [4.78, 5) is 23.6. The summed E-state index contributed by atoms with van der Waals surface area (Å²) in [5, 5.41) is 1.78. The van der Waals surface area contributed by atoms with Gasteiger partial charge in [0, 0.05) is 16.6 Å². The van der Waals surface area contributed by atoms with Gasteiger partial charge >= 0.3 is 4.87 Å². The third kappa shape index (κ3) is 3.20. The molecule has 2 aromatic rings. The SMILES string of the molecule is CCCc1ccc(C(=O)Cn2c(C)csc2=O)cc1. The number of carbonyl (C=O) groups excluding carboxylic acids is 1. The molecule has 0 atom stereocenters. The molecule has 100 valence electrons. The van der Waals surface area contributed by atoms with Crippen molar-refractivity contribution in [3.8, 4) is 0 Å². The molecular weight excluding hydrogens is 258 g/mol. The molecule has 1 heterocycles. The van der Waals surface area contributed by atoms with Crippen LogP contribution in [0, 0.1) is 6.92 Å². The summed E-state index contributed by atoms with van der Waals surface area (Å²) >= 11 is 1.13. The number of nitrogens with zero attached hydrogens (tertiary/aromatic N) is 1. The summed E-state index contributed by atoms with van der Waals surface area (Å²) in [5.41, 5.74) is 2.74. The molecule has 0 aliphatic heterocycles. The standard InChI is InChI=1S/C15H17NO2S/c1-3-4-12-5-7-13(8-6-12)14(17)9-16-11(2)10-19-15(16)18/h5-8,10H,3-4,9H2,1-2H3. The highest BCUT2D eigenvalue weighted by atomic mass is 32.1. The van der Waals surface area contributed by atoms with Gasteiger partial charge in [0.2, 0.25) is 0 Å². The van der Waals surface area contributed by atoms with Gasteiger partial charge in [-0.3, -0.25) is 14.2 Å². The first-order valence-electron chi connectivity index (χ1n) is 6.39. The number of aryl methyl sites for hydroxylation is 2. The van der Waals surface area contributed by atoms with E-state index in [4.69, 9.17) is 0 Å². The van der Waals surface area contributed by atoms with Crippen molar-refractivity contribution in [3.05, 3.63) is 56.1 Å². The van der Waals surface area contributed by atoms with Gasteiger partial charge in [0.05, 0.1) is 6.54 Å². The Bertz CT molecular complexity index is 622. The Kier molecular flexibility index (Phi) is 4.32. The number of hydrogen-bond donors (Lipinski definition) is 0. The molecule has 0 unspecified atom stereocenters. The Morgan fingerprint density at radius 3 is 2.47 bits per heavy atom. The molecule has 4 heteroatoms. The van der Waals surface area contributed by atoms with Crippen LogP contribution < -0.4 is 4.87 Å². The van der Waals surface area contributed by atoms with Crippen LogP contribution in [-0.2, 0) is 13.0 Å². The summed E-state index contributed by atoms with van der Waals surface area (Å²) in [6, 6.07) is 7.67. The smallest absolute Gasteiger partial charge is 0.296 e. The molecule has 2 rings (SSSR count). The monoisotopic (exact) mass is 275 g/mol. The Hall–Kier alpha value is -1.68. The second kappa shape index (κ2) is 5.97. The maximum Gasteiger partial charge on any atom is 0.307 e. The number of Topliss-reactive ketones (excluding diaryl/α,β-unsaturated/α-hetero) is 1. The molecule has 0 aliphatic carbocycles. The quantitative estimate of drug-likeness (QED) is 0.787. The summed E-state index contributed by atoms with van der Waals surface area (Å²) in [5.74, 6) is -0.0216. The van der Waals surface area contributed by atoms with Crippen LogP contribution in [0.25, 0.3) is 0 Å². The van der Waals surface area contributed by atoms with Crippen molar-refractivity contribution < 1.29 is 4.79 Å². The average molecular weight is 275 g/mol. The number of carbonyl (C=O) groups is 1. The Balaban J connectivity index is 2.14. The highest BCUT2D eigenvalue weighted by Gasteiger charge is 2.10. The maximum absolute atomic E-state index is 12.1. The fourth-order valence-corrected chi connectivity index (χ4v) is 2.71. The molecule has 0 radical (unpaired) electrons. The predicted octanol–water partition coefficient (Wildman–Crippen LogP) is 3.05. The Labute approximate surface area is 116 Å². The van der Waals surface area contributed by atoms with E-state index in [0.29, 0.717) is 5.56 Å². The van der Waals surface area contributed by atoms with Gasteiger partial charge in [-0.15, -0.1) is 0 Å². The van der Waals surface area contributed by atoms with Gasteiger partial charge in [0.1, 0.15) is 0 Å². The normalized spacial score (nSPS) is 10.6. The minimum atomic E-state index is -0.0755. The predicted molar refractivity (Wildman–Crippen MR) is 78.1 cm³/mol. The minimum absolute atomic E-state index is 0.0216. The van der Waals surface area contributed by atoms with Crippen LogP contribution >= 0.6 is 11.3 Å². The van der Waals surface area contributed by atoms with Crippen LogP contribution in [-0.4, -0.2) is 10.4 Å². The van der Waals surface area contributed by atoms with E-state index in [0.717, 1.165) is 29.9 Å². The first-order chi connectivity index (χ1) is 9.11. The second-order valence-corrected chi connectivity index (χ2v) is 5.42. The Morgan fingerprint density at radius 2 is 1.95 bits per heavy atom. The van der Waals surface area contributed by atoms with E-state index in [9.17, 15) is 9.59 Å². The molecule has 0 fully saturated rings. The van der Waals surface area contributed by atoms with Crippen LogP contribution in [0.4, 0.5) is 0 Å². The minimum Gasteiger partial charge on any atom is -0.296 e. The number of benzene rings is 1. The van der Waals surface area contributed by atoms with Crippen molar-refractivity contribution in [1.29, 1.82) is 0 Å². The van der Waals surface area contributed by atoms with Crippen molar-refractivity contribution in [3.63, 3.8) is 0 Å². The molecule has 3 nitrogen and oxygen atoms in total. The molecule has 1 aromatic heterocycles. The first kappa shape index (κ1) is 13.7. The summed E-state index contributed by atoms with van der Waals surface area (Å²) in [7, 11) is 0. The zero-order valence-corrected chi connectivity index (χ0v) is 12.0. The fourth-order valence-electron chi connectivity index (χ4n) is 1.98. The summed E-state index contributed by atoms with van der Waals surface area (Å²) in [6.45, 7) is 4.10. The lowest BCUT2D eigenvalue weighted by Crippen LogP contribution is -2.20. The number of aromatic nitrogens is 1. The van der Waals surface area contributed by atoms with Crippen molar-refractivity contribution in [2.45, 2.75) is 33.2 Å². The number of rotatable bonds is 5. The molecule has 0 spiro atoms. The second-order valence-electron chi connectivity index (χ2n) is 4.60. The fraction of sp³-hybridized carbons (Fsp3) is 0.333. The van der Waals surface area contributed by atoms with E-state index in [-0.39, 0.29) is 17.2 Å². The topological polar surface area (TPSA) is 39.1 Å². The molecule has 0 N–H and O–H groups in total. The largest absolute Gasteiger partial charge is 0.307 e. The average Bonchev–Trinajstić information content (AvgIpc) is 2.72. The Morgan fingerprint density at radius 1 is 1.26 bits per heavy atom. The van der Waals surface area contributed by atoms with Crippen molar-refractivity contribution in [2.75, 3.05) is 0 Å². The molecule has 0 bridgehead atoms. The highest BCUT2D eigenvalue weighted by molar-refractivity contribution is 7.07. The van der Waals surface area contributed by atoms with Gasteiger partial charge < -0.3 is 0 Å². The zero-order chi connectivity index (χ0) is 13.8. The third-order valence-corrected chi connectivity index (χ3v) is 3.97. The van der Waals surface area contributed by atoms with E-state index >= 15 is 0 Å². The highest BCUT2D eigenvalue weighted by Crippen LogP contribution is 2.09. The van der Waals surface area contributed by atoms with Gasteiger partial charge in [-0.2, -0.15) is 0 Å². The molecule has 0 amide bonds. The number of thiazole rings is 1. The van der Waals surface area contributed by atoms with Gasteiger partial charge in [-0.25, -0.2) is 0 Å². The van der Waals surface area contributed by atoms with Gasteiger partial charge in [-0.1, -0.05) is 48.9 Å². The molecular formula is C15H17NO2S. The van der Waals surface area contributed by atoms with Gasteiger partial charge in [0.15, 0.2) is 5.78 Å². The summed E-state index contributed by atoms with van der Waals surface area (Å²) in [6.07, 6.45) is 2.12. The van der Waals surface area contributed by atoms with Gasteiger partial charge in [-0.05, 0) is 18.9 Å². The van der Waals surface area contributed by atoms with Crippen LogP contribution in [0.15, 0.2) is 34.4 Å². The lowest BCUT2D eigenvalue weighted by Gasteiger charge is -2.05. The van der Waals surface area contributed by atoms with E-state index in [2.05, 4.69) is 6.92 Å².